The molecule has 4 bridgehead atoms. The predicted octanol–water partition coefficient (Wildman–Crippen LogP) is 5.68. The molecule has 3 heterocycles. The molecule has 6 nitrogen and oxygen atoms in total. The Balaban J connectivity index is 1.44. The molecule has 3 aromatic rings. The number of rotatable bonds is 1. The van der Waals surface area contributed by atoms with Crippen molar-refractivity contribution >= 4 is 32.8 Å². The predicted molar refractivity (Wildman–Crippen MR) is 154 cm³/mol. The number of thiophene rings is 1. The highest BCUT2D eigenvalue weighted by molar-refractivity contribution is 7.20. The van der Waals surface area contributed by atoms with Crippen molar-refractivity contribution in [1.29, 1.82) is 0 Å². The van der Waals surface area contributed by atoms with E-state index in [1.54, 1.807) is 6.07 Å². The van der Waals surface area contributed by atoms with Crippen molar-refractivity contribution in [3.8, 4) is 17.6 Å². The SMILES string of the molecule is FC(F)(F)Cc1c2sc3c(cccc13)NC1CCNCC1CCOCCOCCOc1cccc(c1)NCC#C2. The van der Waals surface area contributed by atoms with Crippen LogP contribution in [-0.2, 0) is 15.9 Å². The second-order valence-corrected chi connectivity index (χ2v) is 11.0. The average Bonchev–Trinajstić information content (AvgIpc) is 3.27. The number of piperidine rings is 1. The molecule has 2 aromatic carbocycles. The fourth-order valence-corrected chi connectivity index (χ4v) is 6.29. The van der Waals surface area contributed by atoms with Crippen molar-refractivity contribution in [3.63, 3.8) is 0 Å². The van der Waals surface area contributed by atoms with Gasteiger partial charge < -0.3 is 30.2 Å². The molecular formula is C30H34F3N3O3S. The summed E-state index contributed by atoms with van der Waals surface area (Å²) in [7, 11) is 0. The summed E-state index contributed by atoms with van der Waals surface area (Å²) in [5.74, 6) is 7.08. The molecule has 2 aliphatic heterocycles. The van der Waals surface area contributed by atoms with Gasteiger partial charge in [-0.3, -0.25) is 0 Å². The fourth-order valence-electron chi connectivity index (χ4n) is 5.12. The lowest BCUT2D eigenvalue weighted by molar-refractivity contribution is -0.126. The lowest BCUT2D eigenvalue weighted by Gasteiger charge is -2.33. The number of halogens is 3. The molecule has 2 unspecified atom stereocenters. The monoisotopic (exact) mass is 573 g/mol. The van der Waals surface area contributed by atoms with Crippen molar-refractivity contribution < 1.29 is 27.4 Å². The summed E-state index contributed by atoms with van der Waals surface area (Å²) < 4.78 is 59.0. The highest BCUT2D eigenvalue weighted by atomic mass is 32.1. The largest absolute Gasteiger partial charge is 0.491 e. The minimum Gasteiger partial charge on any atom is -0.491 e. The van der Waals surface area contributed by atoms with Gasteiger partial charge in [0.15, 0.2) is 0 Å². The van der Waals surface area contributed by atoms with Crippen LogP contribution in [0.15, 0.2) is 42.5 Å². The van der Waals surface area contributed by atoms with Crippen LogP contribution in [0.2, 0.25) is 0 Å². The standard InChI is InChI=1S/C30H34F3N3O3S/c31-30(32,33)19-25-24-6-2-7-27-29(24)40-28(25)8-3-11-35-22-4-1-5-23(18-22)39-17-16-38-15-14-37-13-10-21-20-34-12-9-26(21)36-27/h1-2,4-7,18,21,26,34-36H,9-17,19-20H2. The third kappa shape index (κ3) is 7.82. The van der Waals surface area contributed by atoms with E-state index in [1.807, 2.05) is 36.4 Å². The zero-order chi connectivity index (χ0) is 27.8. The molecule has 214 valence electrons. The first-order valence-electron chi connectivity index (χ1n) is 13.7. The maximum Gasteiger partial charge on any atom is 0.393 e. The Hall–Kier alpha value is -2.97. The molecule has 2 aliphatic rings. The van der Waals surface area contributed by atoms with Gasteiger partial charge in [0, 0.05) is 24.4 Å². The Morgan fingerprint density at radius 2 is 1.80 bits per heavy atom. The Labute approximate surface area is 236 Å². The number of nitrogens with one attached hydrogen (secondary N) is 3. The molecule has 3 N–H and O–H groups in total. The van der Waals surface area contributed by atoms with E-state index in [4.69, 9.17) is 14.2 Å². The fraction of sp³-hybridized carbons (Fsp3) is 0.467. The Morgan fingerprint density at radius 3 is 2.67 bits per heavy atom. The normalized spacial score (nSPS) is 21.3. The van der Waals surface area contributed by atoms with Crippen molar-refractivity contribution in [3.05, 3.63) is 52.9 Å². The molecule has 0 radical (unpaired) electrons. The second kappa shape index (κ2) is 13.6. The lowest BCUT2D eigenvalue weighted by Crippen LogP contribution is -2.44. The summed E-state index contributed by atoms with van der Waals surface area (Å²) in [6.07, 6.45) is -3.55. The number of ether oxygens (including phenoxy) is 3. The number of hydrogen-bond acceptors (Lipinski definition) is 7. The van der Waals surface area contributed by atoms with Crippen LogP contribution in [0.25, 0.3) is 10.1 Å². The first-order valence-corrected chi connectivity index (χ1v) is 14.5. The molecule has 1 aromatic heterocycles. The van der Waals surface area contributed by atoms with Gasteiger partial charge in [0.2, 0.25) is 0 Å². The van der Waals surface area contributed by atoms with Gasteiger partial charge in [-0.2, -0.15) is 13.2 Å². The average molecular weight is 574 g/mol. The maximum absolute atomic E-state index is 13.6. The van der Waals surface area contributed by atoms with E-state index in [9.17, 15) is 13.2 Å². The summed E-state index contributed by atoms with van der Waals surface area (Å²) in [5, 5.41) is 11.0. The molecule has 0 saturated carbocycles. The molecule has 0 amide bonds. The number of hydrogen-bond donors (Lipinski definition) is 3. The van der Waals surface area contributed by atoms with Gasteiger partial charge in [-0.05, 0) is 61.0 Å². The summed E-state index contributed by atoms with van der Waals surface area (Å²) in [6, 6.07) is 13.2. The van der Waals surface area contributed by atoms with Gasteiger partial charge in [-0.15, -0.1) is 11.3 Å². The number of anilines is 2. The zero-order valence-electron chi connectivity index (χ0n) is 22.2. The van der Waals surface area contributed by atoms with Gasteiger partial charge in [0.05, 0.1) is 48.1 Å². The van der Waals surface area contributed by atoms with E-state index in [2.05, 4.69) is 27.8 Å². The van der Waals surface area contributed by atoms with Gasteiger partial charge in [-0.25, -0.2) is 0 Å². The minimum absolute atomic E-state index is 0.187. The van der Waals surface area contributed by atoms with Crippen LogP contribution in [0.1, 0.15) is 23.3 Å². The van der Waals surface area contributed by atoms with Crippen LogP contribution in [0.4, 0.5) is 24.5 Å². The lowest BCUT2D eigenvalue weighted by atomic mass is 9.90. The molecule has 0 aliphatic carbocycles. The first-order chi connectivity index (χ1) is 19.5. The third-order valence-electron chi connectivity index (χ3n) is 7.06. The second-order valence-electron chi connectivity index (χ2n) is 9.93. The van der Waals surface area contributed by atoms with Gasteiger partial charge >= 0.3 is 6.18 Å². The number of fused-ring (bicyclic) bond motifs is 4. The molecule has 1 saturated heterocycles. The van der Waals surface area contributed by atoms with E-state index in [0.29, 0.717) is 55.0 Å². The van der Waals surface area contributed by atoms with Crippen molar-refractivity contribution in [2.75, 3.05) is 63.3 Å². The van der Waals surface area contributed by atoms with Crippen LogP contribution in [0, 0.1) is 17.8 Å². The maximum atomic E-state index is 13.6. The molecular weight excluding hydrogens is 539 g/mol. The Morgan fingerprint density at radius 1 is 0.975 bits per heavy atom. The van der Waals surface area contributed by atoms with Crippen LogP contribution in [0.5, 0.6) is 5.75 Å². The summed E-state index contributed by atoms with van der Waals surface area (Å²) in [6.45, 7) is 4.53. The highest BCUT2D eigenvalue weighted by Gasteiger charge is 2.31. The number of benzene rings is 2. The van der Waals surface area contributed by atoms with E-state index in [0.717, 1.165) is 42.0 Å². The molecule has 5 rings (SSSR count). The highest BCUT2D eigenvalue weighted by Crippen LogP contribution is 2.39. The summed E-state index contributed by atoms with van der Waals surface area (Å²) in [4.78, 5) is 0.453. The van der Waals surface area contributed by atoms with Crippen molar-refractivity contribution in [2.24, 2.45) is 5.92 Å². The third-order valence-corrected chi connectivity index (χ3v) is 8.26. The summed E-state index contributed by atoms with van der Waals surface area (Å²) >= 11 is 1.33. The smallest absolute Gasteiger partial charge is 0.393 e. The van der Waals surface area contributed by atoms with E-state index in [1.165, 1.54) is 11.3 Å². The minimum atomic E-state index is -4.33. The van der Waals surface area contributed by atoms with Crippen LogP contribution < -0.4 is 20.7 Å². The Bertz CT molecular complexity index is 1330. The first kappa shape index (κ1) is 28.6. The number of alkyl halides is 3. The molecule has 1 fully saturated rings. The van der Waals surface area contributed by atoms with E-state index in [-0.39, 0.29) is 18.2 Å². The molecule has 2 atom stereocenters. The summed E-state index contributed by atoms with van der Waals surface area (Å²) in [5.41, 5.74) is 1.92. The zero-order valence-corrected chi connectivity index (χ0v) is 23.1. The van der Waals surface area contributed by atoms with Gasteiger partial charge in [0.1, 0.15) is 12.4 Å². The van der Waals surface area contributed by atoms with E-state index >= 15 is 0 Å². The van der Waals surface area contributed by atoms with Gasteiger partial charge in [-0.1, -0.05) is 30.0 Å². The Kier molecular flexibility index (Phi) is 9.70. The molecule has 0 spiro atoms. The molecule has 10 heteroatoms. The van der Waals surface area contributed by atoms with Crippen LogP contribution in [-0.4, -0.2) is 64.9 Å². The van der Waals surface area contributed by atoms with E-state index < -0.39 is 12.6 Å². The quantitative estimate of drug-likeness (QED) is 0.326. The van der Waals surface area contributed by atoms with Crippen LogP contribution in [0.3, 0.4) is 0 Å². The van der Waals surface area contributed by atoms with Gasteiger partial charge in [0.25, 0.3) is 0 Å². The van der Waals surface area contributed by atoms with Crippen LogP contribution >= 0.6 is 11.3 Å². The molecule has 40 heavy (non-hydrogen) atoms. The van der Waals surface area contributed by atoms with Crippen molar-refractivity contribution in [2.45, 2.75) is 31.5 Å². The van der Waals surface area contributed by atoms with Crippen molar-refractivity contribution in [1.82, 2.24) is 5.32 Å². The topological polar surface area (TPSA) is 63.8 Å².